The van der Waals surface area contributed by atoms with Crippen LogP contribution in [0, 0.1) is 0 Å². The number of rotatable bonds is 9. The molecule has 0 spiro atoms. The van der Waals surface area contributed by atoms with Gasteiger partial charge in [0.25, 0.3) is 0 Å². The Morgan fingerprint density at radius 3 is 2.48 bits per heavy atom. The van der Waals surface area contributed by atoms with Gasteiger partial charge in [-0.25, -0.2) is 0 Å². The highest BCUT2D eigenvalue weighted by Crippen LogP contribution is 2.25. The third kappa shape index (κ3) is 6.33. The molecule has 0 heterocycles. The number of ether oxygens (including phenoxy) is 2. The van der Waals surface area contributed by atoms with Crippen LogP contribution in [-0.4, -0.2) is 38.1 Å². The summed E-state index contributed by atoms with van der Waals surface area (Å²) in [5.74, 6) is 1.39. The molecule has 0 aliphatic heterocycles. The quantitative estimate of drug-likeness (QED) is 0.606. The van der Waals surface area contributed by atoms with Gasteiger partial charge in [0.1, 0.15) is 11.5 Å². The number of nitrogens with zero attached hydrogens (tertiary/aromatic N) is 1. The third-order valence-corrected chi connectivity index (χ3v) is 4.08. The maximum absolute atomic E-state index is 12.6. The van der Waals surface area contributed by atoms with E-state index >= 15 is 0 Å². The highest BCUT2D eigenvalue weighted by Gasteiger charge is 2.09. The average molecular weight is 365 g/mol. The number of amides is 1. The number of carbonyl (C=O) groups is 1. The summed E-state index contributed by atoms with van der Waals surface area (Å²) in [4.78, 5) is 14.5. The summed E-state index contributed by atoms with van der Waals surface area (Å²) in [5.41, 5.74) is 1.93. The van der Waals surface area contributed by atoms with Crippen LogP contribution in [0.5, 0.6) is 11.5 Å². The van der Waals surface area contributed by atoms with E-state index in [1.807, 2.05) is 65.6 Å². The Balaban J connectivity index is 2.08. The van der Waals surface area contributed by atoms with Crippen molar-refractivity contribution < 1.29 is 14.3 Å². The minimum Gasteiger partial charge on any atom is -0.497 e. The summed E-state index contributed by atoms with van der Waals surface area (Å²) in [5, 5.41) is 0. The fourth-order valence-electron chi connectivity index (χ4n) is 2.68. The fourth-order valence-corrected chi connectivity index (χ4v) is 2.68. The molecule has 2 aromatic rings. The summed E-state index contributed by atoms with van der Waals surface area (Å²) in [6, 6.07) is 15.6. The van der Waals surface area contributed by atoms with E-state index in [2.05, 4.69) is 6.92 Å². The van der Waals surface area contributed by atoms with Crippen LogP contribution in [0.3, 0.4) is 0 Å². The zero-order chi connectivity index (χ0) is 19.5. The molecule has 1 amide bonds. The summed E-state index contributed by atoms with van der Waals surface area (Å²) < 4.78 is 10.6. The first kappa shape index (κ1) is 20.3. The molecule has 142 valence electrons. The van der Waals surface area contributed by atoms with E-state index in [-0.39, 0.29) is 5.91 Å². The molecule has 0 aromatic heterocycles. The summed E-state index contributed by atoms with van der Waals surface area (Å²) >= 11 is 0. The van der Waals surface area contributed by atoms with Crippen molar-refractivity contribution in [2.24, 2.45) is 0 Å². The Bertz CT molecular complexity index is 781. The Hall–Kier alpha value is -3.01. The zero-order valence-corrected chi connectivity index (χ0v) is 16.2. The predicted molar refractivity (Wildman–Crippen MR) is 111 cm³/mol. The minimum atomic E-state index is -0.0283. The van der Waals surface area contributed by atoms with Gasteiger partial charge >= 0.3 is 0 Å². The fraction of sp³-hybridized carbons (Fsp3) is 0.261. The molecule has 4 nitrogen and oxygen atoms in total. The van der Waals surface area contributed by atoms with E-state index < -0.39 is 0 Å². The van der Waals surface area contributed by atoms with E-state index in [1.54, 1.807) is 26.4 Å². The Morgan fingerprint density at radius 2 is 1.81 bits per heavy atom. The zero-order valence-electron chi connectivity index (χ0n) is 16.2. The Kier molecular flexibility index (Phi) is 8.17. The van der Waals surface area contributed by atoms with Crippen LogP contribution in [-0.2, 0) is 4.79 Å². The van der Waals surface area contributed by atoms with Crippen molar-refractivity contribution in [3.63, 3.8) is 0 Å². The van der Waals surface area contributed by atoms with E-state index in [0.29, 0.717) is 18.8 Å². The first-order valence-corrected chi connectivity index (χ1v) is 9.08. The van der Waals surface area contributed by atoms with Gasteiger partial charge in [0.15, 0.2) is 0 Å². The molecule has 2 rings (SSSR count). The summed E-state index contributed by atoms with van der Waals surface area (Å²) in [6.07, 6.45) is 8.31. The van der Waals surface area contributed by atoms with Crippen molar-refractivity contribution in [3.8, 4) is 11.5 Å². The van der Waals surface area contributed by atoms with Gasteiger partial charge < -0.3 is 14.4 Å². The van der Waals surface area contributed by atoms with Crippen molar-refractivity contribution in [2.75, 3.05) is 27.3 Å². The van der Waals surface area contributed by atoms with Gasteiger partial charge in [0, 0.05) is 24.7 Å². The molecule has 2 aromatic carbocycles. The van der Waals surface area contributed by atoms with Crippen molar-refractivity contribution >= 4 is 18.1 Å². The van der Waals surface area contributed by atoms with Crippen LogP contribution in [0.4, 0.5) is 0 Å². The highest BCUT2D eigenvalue weighted by atomic mass is 16.5. The van der Waals surface area contributed by atoms with Crippen molar-refractivity contribution in [3.05, 3.63) is 71.8 Å². The van der Waals surface area contributed by atoms with Crippen LogP contribution in [0.25, 0.3) is 12.2 Å². The van der Waals surface area contributed by atoms with Gasteiger partial charge in [-0.2, -0.15) is 0 Å². The van der Waals surface area contributed by atoms with Gasteiger partial charge in [0.05, 0.1) is 14.2 Å². The monoisotopic (exact) mass is 365 g/mol. The van der Waals surface area contributed by atoms with Crippen LogP contribution in [0.2, 0.25) is 0 Å². The molecule has 0 saturated carbocycles. The van der Waals surface area contributed by atoms with Crippen LogP contribution >= 0.6 is 0 Å². The molecule has 0 aliphatic rings. The first-order valence-electron chi connectivity index (χ1n) is 9.08. The maximum atomic E-state index is 12.6. The molecule has 0 atom stereocenters. The van der Waals surface area contributed by atoms with E-state index in [4.69, 9.17) is 9.47 Å². The van der Waals surface area contributed by atoms with Gasteiger partial charge in [-0.3, -0.25) is 4.79 Å². The Morgan fingerprint density at radius 1 is 1.04 bits per heavy atom. The smallest absolute Gasteiger partial charge is 0.246 e. The van der Waals surface area contributed by atoms with E-state index in [0.717, 1.165) is 23.3 Å². The number of hydrogen-bond donors (Lipinski definition) is 0. The third-order valence-electron chi connectivity index (χ3n) is 4.08. The molecule has 0 fully saturated rings. The lowest BCUT2D eigenvalue weighted by molar-refractivity contribution is -0.125. The lowest BCUT2D eigenvalue weighted by Gasteiger charge is -2.18. The van der Waals surface area contributed by atoms with Gasteiger partial charge in [0.2, 0.25) is 5.91 Å². The lowest BCUT2D eigenvalue weighted by atomic mass is 10.1. The SMILES string of the molecule is CCCN(C/C=C/c1ccccc1)C(=O)/C=C/c1cc(OC)ccc1OC. The maximum Gasteiger partial charge on any atom is 0.246 e. The van der Waals surface area contributed by atoms with E-state index in [1.165, 1.54) is 0 Å². The number of methoxy groups -OCH3 is 2. The molecule has 0 radical (unpaired) electrons. The van der Waals surface area contributed by atoms with Crippen LogP contribution in [0.15, 0.2) is 60.7 Å². The molecular formula is C23H27NO3. The predicted octanol–water partition coefficient (Wildman–Crippen LogP) is 4.67. The van der Waals surface area contributed by atoms with Crippen LogP contribution in [0.1, 0.15) is 24.5 Å². The number of carbonyl (C=O) groups excluding carboxylic acids is 1. The van der Waals surface area contributed by atoms with Gasteiger partial charge in [-0.05, 0) is 36.3 Å². The Labute approximate surface area is 161 Å². The minimum absolute atomic E-state index is 0.0283. The summed E-state index contributed by atoms with van der Waals surface area (Å²) in [6.45, 7) is 3.34. The van der Waals surface area contributed by atoms with Crippen molar-refractivity contribution in [1.29, 1.82) is 0 Å². The molecular weight excluding hydrogens is 338 g/mol. The number of benzene rings is 2. The van der Waals surface area contributed by atoms with Crippen molar-refractivity contribution in [1.82, 2.24) is 4.90 Å². The number of hydrogen-bond acceptors (Lipinski definition) is 3. The topological polar surface area (TPSA) is 38.8 Å². The lowest BCUT2D eigenvalue weighted by Crippen LogP contribution is -2.30. The second kappa shape index (κ2) is 10.9. The second-order valence-electron chi connectivity index (χ2n) is 6.04. The normalized spacial score (nSPS) is 11.1. The van der Waals surface area contributed by atoms with E-state index in [9.17, 15) is 4.79 Å². The molecule has 0 saturated heterocycles. The molecule has 4 heteroatoms. The average Bonchev–Trinajstić information content (AvgIpc) is 2.71. The highest BCUT2D eigenvalue weighted by molar-refractivity contribution is 5.92. The second-order valence-corrected chi connectivity index (χ2v) is 6.04. The first-order chi connectivity index (χ1) is 13.2. The largest absolute Gasteiger partial charge is 0.497 e. The van der Waals surface area contributed by atoms with Crippen LogP contribution < -0.4 is 9.47 Å². The molecule has 0 N–H and O–H groups in total. The molecule has 27 heavy (non-hydrogen) atoms. The summed E-state index contributed by atoms with van der Waals surface area (Å²) in [7, 11) is 3.22. The standard InChI is InChI=1S/C23H27NO3/c1-4-16-24(17-8-11-19-9-6-5-7-10-19)23(25)15-12-20-18-21(26-2)13-14-22(20)27-3/h5-15,18H,4,16-17H2,1-3H3/b11-8+,15-12+. The molecule has 0 aliphatic carbocycles. The van der Waals surface area contributed by atoms with Crippen molar-refractivity contribution in [2.45, 2.75) is 13.3 Å². The van der Waals surface area contributed by atoms with Gasteiger partial charge in [-0.1, -0.05) is 49.4 Å². The van der Waals surface area contributed by atoms with Gasteiger partial charge in [-0.15, -0.1) is 0 Å². The molecule has 0 unspecified atom stereocenters. The molecule has 0 bridgehead atoms.